The van der Waals surface area contributed by atoms with E-state index < -0.39 is 0 Å². The molecule has 2 aromatic rings. The van der Waals surface area contributed by atoms with Gasteiger partial charge in [0.2, 0.25) is 0 Å². The van der Waals surface area contributed by atoms with E-state index in [1.165, 1.54) is 4.88 Å². The predicted octanol–water partition coefficient (Wildman–Crippen LogP) is 3.45. The molecule has 136 valence electrons. The second kappa shape index (κ2) is 6.78. The molecule has 1 N–H and O–H groups in total. The number of carbonyl (C=O) groups is 1. The topological polar surface area (TPSA) is 63.1 Å². The number of thiazole rings is 1. The molecular weight excluding hydrogens is 334 g/mol. The van der Waals surface area contributed by atoms with Gasteiger partial charge in [-0.05, 0) is 40.5 Å². The van der Waals surface area contributed by atoms with Crippen LogP contribution in [0.1, 0.15) is 47.2 Å². The summed E-state index contributed by atoms with van der Waals surface area (Å²) in [5.41, 5.74) is 1.17. The minimum absolute atomic E-state index is 0.0315. The van der Waals surface area contributed by atoms with Crippen LogP contribution in [0.25, 0.3) is 0 Å². The van der Waals surface area contributed by atoms with Crippen LogP contribution in [-0.2, 0) is 6.54 Å². The third-order valence-electron chi connectivity index (χ3n) is 5.24. The zero-order chi connectivity index (χ0) is 18.2. The van der Waals surface area contributed by atoms with Crippen LogP contribution in [0.2, 0.25) is 0 Å². The van der Waals surface area contributed by atoms with E-state index in [0.29, 0.717) is 6.54 Å². The number of hydrogen-bond acceptors (Lipinski definition) is 4. The summed E-state index contributed by atoms with van der Waals surface area (Å²) in [5, 5.41) is 4.17. The molecule has 2 amide bonds. The molecule has 0 radical (unpaired) electrons. The maximum absolute atomic E-state index is 12.6. The lowest BCUT2D eigenvalue weighted by molar-refractivity contribution is 0.190. The average Bonchev–Trinajstić information content (AvgIpc) is 3.10. The zero-order valence-corrected chi connectivity index (χ0v) is 16.5. The Bertz CT molecular complexity index is 761. The van der Waals surface area contributed by atoms with Gasteiger partial charge in [-0.15, -0.1) is 11.3 Å². The van der Waals surface area contributed by atoms with E-state index in [1.54, 1.807) is 16.2 Å². The molecule has 2 heterocycles. The van der Waals surface area contributed by atoms with E-state index in [0.717, 1.165) is 35.9 Å². The van der Waals surface area contributed by atoms with Crippen LogP contribution < -0.4 is 5.32 Å². The molecule has 25 heavy (non-hydrogen) atoms. The molecule has 1 aliphatic rings. The van der Waals surface area contributed by atoms with E-state index in [1.807, 2.05) is 40.2 Å². The van der Waals surface area contributed by atoms with Crippen molar-refractivity contribution in [1.82, 2.24) is 24.8 Å². The third kappa shape index (κ3) is 3.86. The molecule has 0 spiro atoms. The van der Waals surface area contributed by atoms with Crippen LogP contribution in [0.5, 0.6) is 0 Å². The lowest BCUT2D eigenvalue weighted by Crippen LogP contribution is -2.42. The number of imidazole rings is 1. The second-order valence-corrected chi connectivity index (χ2v) is 8.63. The smallest absolute Gasteiger partial charge is 0.317 e. The number of aromatic nitrogens is 3. The fourth-order valence-electron chi connectivity index (χ4n) is 3.18. The maximum atomic E-state index is 12.6. The minimum atomic E-state index is -0.0359. The highest BCUT2D eigenvalue weighted by Crippen LogP contribution is 2.46. The van der Waals surface area contributed by atoms with Crippen LogP contribution in [-0.4, -0.2) is 39.1 Å². The average molecular weight is 362 g/mol. The monoisotopic (exact) mass is 361 g/mol. The molecule has 1 fully saturated rings. The number of rotatable bonds is 6. The zero-order valence-electron chi connectivity index (χ0n) is 15.7. The lowest BCUT2D eigenvalue weighted by Gasteiger charge is -2.26. The normalized spacial score (nSPS) is 16.5. The summed E-state index contributed by atoms with van der Waals surface area (Å²) < 4.78 is 2.17. The van der Waals surface area contributed by atoms with Crippen LogP contribution in [0.3, 0.4) is 0 Å². The van der Waals surface area contributed by atoms with Crippen LogP contribution >= 0.6 is 11.3 Å². The van der Waals surface area contributed by atoms with Gasteiger partial charge in [0.1, 0.15) is 5.82 Å². The van der Waals surface area contributed by atoms with Crippen LogP contribution in [0, 0.1) is 26.2 Å². The third-order valence-corrected chi connectivity index (χ3v) is 6.14. The Labute approximate surface area is 153 Å². The van der Waals surface area contributed by atoms with Crippen LogP contribution in [0.15, 0.2) is 12.4 Å². The first-order chi connectivity index (χ1) is 11.8. The van der Waals surface area contributed by atoms with Crippen molar-refractivity contribution in [1.29, 1.82) is 0 Å². The maximum Gasteiger partial charge on any atom is 0.317 e. The summed E-state index contributed by atoms with van der Waals surface area (Å²) in [5.74, 6) is 1.03. The quantitative estimate of drug-likeness (QED) is 0.857. The molecule has 1 unspecified atom stereocenters. The largest absolute Gasteiger partial charge is 0.337 e. The van der Waals surface area contributed by atoms with Crippen molar-refractivity contribution >= 4 is 17.4 Å². The number of nitrogens with zero attached hydrogens (tertiary/aromatic N) is 4. The molecule has 1 saturated carbocycles. The molecule has 6 nitrogen and oxygen atoms in total. The van der Waals surface area contributed by atoms with Gasteiger partial charge in [0.25, 0.3) is 0 Å². The predicted molar refractivity (Wildman–Crippen MR) is 99.8 cm³/mol. The number of amides is 2. The summed E-state index contributed by atoms with van der Waals surface area (Å²) >= 11 is 1.68. The molecular formula is C18H27N5OS. The van der Waals surface area contributed by atoms with Crippen LogP contribution in [0.4, 0.5) is 4.79 Å². The molecule has 7 heteroatoms. The Kier molecular flexibility index (Phi) is 4.86. The van der Waals surface area contributed by atoms with Crippen molar-refractivity contribution in [3.8, 4) is 0 Å². The van der Waals surface area contributed by atoms with Crippen molar-refractivity contribution in [3.63, 3.8) is 0 Å². The molecule has 3 rings (SSSR count). The number of urea groups is 1. The minimum Gasteiger partial charge on any atom is -0.337 e. The van der Waals surface area contributed by atoms with E-state index in [-0.39, 0.29) is 17.5 Å². The van der Waals surface area contributed by atoms with Gasteiger partial charge >= 0.3 is 6.03 Å². The first-order valence-corrected chi connectivity index (χ1v) is 9.55. The Morgan fingerprint density at radius 3 is 2.68 bits per heavy atom. The van der Waals surface area contributed by atoms with Crippen molar-refractivity contribution in [2.75, 3.05) is 13.6 Å². The second-order valence-electron chi connectivity index (χ2n) is 7.22. The van der Waals surface area contributed by atoms with E-state index in [4.69, 9.17) is 0 Å². The summed E-state index contributed by atoms with van der Waals surface area (Å²) in [7, 11) is 1.84. The highest BCUT2D eigenvalue weighted by molar-refractivity contribution is 7.11. The Hall–Kier alpha value is -1.89. The summed E-state index contributed by atoms with van der Waals surface area (Å²) in [6.45, 7) is 9.74. The summed E-state index contributed by atoms with van der Waals surface area (Å²) in [6.07, 6.45) is 6.14. The molecule has 1 aliphatic carbocycles. The molecule has 0 aromatic carbocycles. The van der Waals surface area contributed by atoms with Gasteiger partial charge in [-0.25, -0.2) is 14.8 Å². The van der Waals surface area contributed by atoms with Gasteiger partial charge in [-0.3, -0.25) is 0 Å². The Morgan fingerprint density at radius 2 is 2.16 bits per heavy atom. The standard InChI is InChI=1S/C18H27N5OS/c1-12(16-13(2)25-15(4)21-16)22(5)17(24)20-10-18(6-7-18)11-23-9-8-19-14(23)3/h8-9,12H,6-7,10-11H2,1-5H3,(H,20,24). The fraction of sp³-hybridized carbons (Fsp3) is 0.611. The van der Waals surface area contributed by atoms with Gasteiger partial charge in [0.05, 0.1) is 16.7 Å². The Balaban J connectivity index is 1.57. The van der Waals surface area contributed by atoms with Gasteiger partial charge < -0.3 is 14.8 Å². The van der Waals surface area contributed by atoms with Gasteiger partial charge in [-0.2, -0.15) is 0 Å². The number of aryl methyl sites for hydroxylation is 3. The van der Waals surface area contributed by atoms with E-state index in [2.05, 4.69) is 26.8 Å². The van der Waals surface area contributed by atoms with E-state index >= 15 is 0 Å². The summed E-state index contributed by atoms with van der Waals surface area (Å²) in [6, 6.07) is -0.0674. The van der Waals surface area contributed by atoms with Gasteiger partial charge in [0.15, 0.2) is 0 Å². The highest BCUT2D eigenvalue weighted by atomic mass is 32.1. The van der Waals surface area contributed by atoms with E-state index in [9.17, 15) is 4.79 Å². The first-order valence-electron chi connectivity index (χ1n) is 8.74. The molecule has 0 aliphatic heterocycles. The summed E-state index contributed by atoms with van der Waals surface area (Å²) in [4.78, 5) is 24.4. The Morgan fingerprint density at radius 1 is 1.44 bits per heavy atom. The van der Waals surface area contributed by atoms with Gasteiger partial charge in [-0.1, -0.05) is 0 Å². The lowest BCUT2D eigenvalue weighted by atomic mass is 10.1. The van der Waals surface area contributed by atoms with Crippen molar-refractivity contribution < 1.29 is 4.79 Å². The highest BCUT2D eigenvalue weighted by Gasteiger charge is 2.43. The first kappa shape index (κ1) is 17.9. The SMILES string of the molecule is Cc1nc(C(C)N(C)C(=O)NCC2(Cn3ccnc3C)CC2)c(C)s1. The number of hydrogen-bond donors (Lipinski definition) is 1. The number of nitrogens with one attached hydrogen (secondary N) is 1. The van der Waals surface area contributed by atoms with Crippen molar-refractivity contribution in [2.24, 2.45) is 5.41 Å². The van der Waals surface area contributed by atoms with Crippen molar-refractivity contribution in [2.45, 2.75) is 53.1 Å². The molecule has 0 bridgehead atoms. The molecule has 0 saturated heterocycles. The van der Waals surface area contributed by atoms with Crippen molar-refractivity contribution in [3.05, 3.63) is 33.8 Å². The molecule has 2 aromatic heterocycles. The van der Waals surface area contributed by atoms with Gasteiger partial charge in [0, 0.05) is 42.8 Å². The molecule has 1 atom stereocenters. The fourth-order valence-corrected chi connectivity index (χ4v) is 4.09. The number of carbonyl (C=O) groups excluding carboxylic acids is 1.